The van der Waals surface area contributed by atoms with Gasteiger partial charge in [-0.15, -0.1) is 13.2 Å². The molecule has 0 saturated carbocycles. The van der Waals surface area contributed by atoms with Crippen LogP contribution in [-0.2, 0) is 4.74 Å². The number of ether oxygens (including phenoxy) is 2. The molecule has 0 aliphatic carbocycles. The fraction of sp³-hybridized carbons (Fsp3) is 0.400. The summed E-state index contributed by atoms with van der Waals surface area (Å²) in [5.74, 6) is 0.464. The van der Waals surface area contributed by atoms with Crippen molar-refractivity contribution in [3.05, 3.63) is 23.8 Å². The number of benzene rings is 1. The summed E-state index contributed by atoms with van der Waals surface area (Å²) in [5, 5.41) is 0. The minimum atomic E-state index is -4.62. The molecule has 3 nitrogen and oxygen atoms in total. The molecule has 0 radical (unpaired) electrons. The van der Waals surface area contributed by atoms with E-state index in [-0.39, 0.29) is 6.61 Å². The van der Waals surface area contributed by atoms with Crippen molar-refractivity contribution in [3.63, 3.8) is 0 Å². The van der Waals surface area contributed by atoms with Crippen LogP contribution in [0.25, 0.3) is 0 Å². The van der Waals surface area contributed by atoms with Crippen molar-refractivity contribution in [3.8, 4) is 5.75 Å². The van der Waals surface area contributed by atoms with E-state index in [4.69, 9.17) is 10.5 Å². The third-order valence-corrected chi connectivity index (χ3v) is 1.82. The van der Waals surface area contributed by atoms with E-state index in [9.17, 15) is 13.2 Å². The van der Waals surface area contributed by atoms with E-state index in [2.05, 4.69) is 4.74 Å². The first kappa shape index (κ1) is 12.6. The number of nitrogen functional groups attached to an aromatic ring is 1. The smallest absolute Gasteiger partial charge is 0.491 e. The molecular weight excluding hydrogens is 223 g/mol. The Bertz CT molecular complexity index is 352. The maximum atomic E-state index is 11.6. The van der Waals surface area contributed by atoms with Gasteiger partial charge in [-0.2, -0.15) is 0 Å². The van der Waals surface area contributed by atoms with Gasteiger partial charge in [-0.25, -0.2) is 0 Å². The molecule has 90 valence electrons. The highest BCUT2D eigenvalue weighted by Gasteiger charge is 2.28. The quantitative estimate of drug-likeness (QED) is 0.644. The fourth-order valence-corrected chi connectivity index (χ4v) is 1.08. The molecule has 1 aromatic rings. The monoisotopic (exact) mass is 235 g/mol. The van der Waals surface area contributed by atoms with Crippen LogP contribution in [0, 0.1) is 6.92 Å². The van der Waals surface area contributed by atoms with E-state index >= 15 is 0 Å². The summed E-state index contributed by atoms with van der Waals surface area (Å²) in [5.41, 5.74) is 6.81. The Labute approximate surface area is 91.0 Å². The van der Waals surface area contributed by atoms with Crippen molar-refractivity contribution in [1.82, 2.24) is 0 Å². The highest BCUT2D eigenvalue weighted by atomic mass is 19.4. The molecule has 0 spiro atoms. The van der Waals surface area contributed by atoms with Gasteiger partial charge in [0, 0.05) is 11.8 Å². The molecule has 2 N–H and O–H groups in total. The Kier molecular flexibility index (Phi) is 4.00. The first-order valence-corrected chi connectivity index (χ1v) is 4.58. The van der Waals surface area contributed by atoms with Gasteiger partial charge in [-0.1, -0.05) is 6.07 Å². The number of hydrogen-bond acceptors (Lipinski definition) is 3. The van der Waals surface area contributed by atoms with Gasteiger partial charge in [0.05, 0.1) is 6.61 Å². The van der Waals surface area contributed by atoms with Gasteiger partial charge in [0.15, 0.2) is 0 Å². The van der Waals surface area contributed by atoms with Gasteiger partial charge in [0.1, 0.15) is 12.4 Å². The van der Waals surface area contributed by atoms with Crippen molar-refractivity contribution in [2.75, 3.05) is 18.9 Å². The molecule has 1 rings (SSSR count). The second-order valence-corrected chi connectivity index (χ2v) is 3.17. The minimum absolute atomic E-state index is 0.177. The van der Waals surface area contributed by atoms with Gasteiger partial charge >= 0.3 is 6.36 Å². The second kappa shape index (κ2) is 5.07. The number of rotatable bonds is 4. The first-order valence-electron chi connectivity index (χ1n) is 4.58. The molecule has 0 saturated heterocycles. The van der Waals surface area contributed by atoms with Crippen LogP contribution in [-0.4, -0.2) is 19.6 Å². The summed E-state index contributed by atoms with van der Waals surface area (Å²) in [7, 11) is 0. The van der Waals surface area contributed by atoms with Crippen LogP contribution in [0.15, 0.2) is 18.2 Å². The second-order valence-electron chi connectivity index (χ2n) is 3.17. The van der Waals surface area contributed by atoms with Crippen molar-refractivity contribution in [2.24, 2.45) is 0 Å². The largest absolute Gasteiger partial charge is 0.522 e. The third-order valence-electron chi connectivity index (χ3n) is 1.82. The molecule has 0 aromatic heterocycles. The van der Waals surface area contributed by atoms with Gasteiger partial charge in [-0.3, -0.25) is 4.74 Å². The Morgan fingerprint density at radius 1 is 1.25 bits per heavy atom. The molecule has 0 amide bonds. The van der Waals surface area contributed by atoms with E-state index in [0.29, 0.717) is 11.4 Å². The lowest BCUT2D eigenvalue weighted by Gasteiger charge is -2.11. The zero-order valence-corrected chi connectivity index (χ0v) is 8.67. The first-order chi connectivity index (χ1) is 7.38. The van der Waals surface area contributed by atoms with E-state index in [0.717, 1.165) is 5.56 Å². The maximum Gasteiger partial charge on any atom is 0.522 e. The summed E-state index contributed by atoms with van der Waals surface area (Å²) >= 11 is 0. The number of anilines is 1. The Hall–Kier alpha value is -1.43. The maximum absolute atomic E-state index is 11.6. The van der Waals surface area contributed by atoms with Crippen LogP contribution >= 0.6 is 0 Å². The van der Waals surface area contributed by atoms with Gasteiger partial charge < -0.3 is 10.5 Å². The SMILES string of the molecule is Cc1ccc(N)cc1OCCOC(F)(F)F. The zero-order chi connectivity index (χ0) is 12.2. The number of alkyl halides is 3. The van der Waals surface area contributed by atoms with Crippen molar-refractivity contribution >= 4 is 5.69 Å². The topological polar surface area (TPSA) is 44.5 Å². The molecule has 0 aliphatic heterocycles. The average Bonchev–Trinajstić information content (AvgIpc) is 2.16. The molecule has 0 heterocycles. The Balaban J connectivity index is 2.40. The Morgan fingerprint density at radius 3 is 2.56 bits per heavy atom. The third kappa shape index (κ3) is 4.39. The van der Waals surface area contributed by atoms with E-state index in [1.54, 1.807) is 25.1 Å². The number of nitrogens with two attached hydrogens (primary N) is 1. The normalized spacial score (nSPS) is 11.5. The molecular formula is C10H12F3NO2. The van der Waals surface area contributed by atoms with Gasteiger partial charge in [0.2, 0.25) is 0 Å². The molecule has 16 heavy (non-hydrogen) atoms. The molecule has 0 unspecified atom stereocenters. The standard InChI is InChI=1S/C10H12F3NO2/c1-7-2-3-8(14)6-9(7)15-4-5-16-10(11,12)13/h2-3,6H,4-5,14H2,1H3. The van der Waals surface area contributed by atoms with E-state index < -0.39 is 13.0 Å². The number of aryl methyl sites for hydroxylation is 1. The van der Waals surface area contributed by atoms with Crippen molar-refractivity contribution in [2.45, 2.75) is 13.3 Å². The number of halogens is 3. The van der Waals surface area contributed by atoms with E-state index in [1.165, 1.54) is 0 Å². The highest BCUT2D eigenvalue weighted by Crippen LogP contribution is 2.21. The lowest BCUT2D eigenvalue weighted by Crippen LogP contribution is -2.18. The zero-order valence-electron chi connectivity index (χ0n) is 8.67. The molecule has 1 aromatic carbocycles. The van der Waals surface area contributed by atoms with E-state index in [1.807, 2.05) is 0 Å². The van der Waals surface area contributed by atoms with Crippen LogP contribution < -0.4 is 10.5 Å². The lowest BCUT2D eigenvalue weighted by atomic mass is 10.2. The predicted molar refractivity (Wildman–Crippen MR) is 53.1 cm³/mol. The lowest BCUT2D eigenvalue weighted by molar-refractivity contribution is -0.325. The summed E-state index contributed by atoms with van der Waals surface area (Å²) in [6.07, 6.45) is -4.62. The van der Waals surface area contributed by atoms with Crippen LogP contribution in [0.4, 0.5) is 18.9 Å². The highest BCUT2D eigenvalue weighted by molar-refractivity contribution is 5.47. The predicted octanol–water partition coefficient (Wildman–Crippen LogP) is 2.49. The molecule has 6 heteroatoms. The fourth-order valence-electron chi connectivity index (χ4n) is 1.08. The van der Waals surface area contributed by atoms with Gasteiger partial charge in [0.25, 0.3) is 0 Å². The molecule has 0 aliphatic rings. The summed E-state index contributed by atoms with van der Waals surface area (Å²) in [6.45, 7) is 1.06. The van der Waals surface area contributed by atoms with Crippen molar-refractivity contribution < 1.29 is 22.6 Å². The molecule has 0 bridgehead atoms. The summed E-state index contributed by atoms with van der Waals surface area (Å²) < 4.78 is 43.6. The molecule has 0 fully saturated rings. The van der Waals surface area contributed by atoms with Crippen molar-refractivity contribution in [1.29, 1.82) is 0 Å². The minimum Gasteiger partial charge on any atom is -0.491 e. The van der Waals surface area contributed by atoms with Gasteiger partial charge in [-0.05, 0) is 18.6 Å². The Morgan fingerprint density at radius 2 is 1.94 bits per heavy atom. The number of hydrogen-bond donors (Lipinski definition) is 1. The average molecular weight is 235 g/mol. The van der Waals surface area contributed by atoms with Crippen LogP contribution in [0.3, 0.4) is 0 Å². The van der Waals surface area contributed by atoms with Crippen LogP contribution in [0.2, 0.25) is 0 Å². The summed E-state index contributed by atoms with van der Waals surface area (Å²) in [4.78, 5) is 0. The molecule has 0 atom stereocenters. The van der Waals surface area contributed by atoms with Crippen LogP contribution in [0.1, 0.15) is 5.56 Å². The summed E-state index contributed by atoms with van der Waals surface area (Å²) in [6, 6.07) is 4.98. The van der Waals surface area contributed by atoms with Crippen LogP contribution in [0.5, 0.6) is 5.75 Å².